The highest BCUT2D eigenvalue weighted by molar-refractivity contribution is 7.12. The Morgan fingerprint density at radius 1 is 1.10 bits per heavy atom. The minimum absolute atomic E-state index is 0.0899. The van der Waals surface area contributed by atoms with E-state index in [9.17, 15) is 4.39 Å². The fourth-order valence-electron chi connectivity index (χ4n) is 2.17. The summed E-state index contributed by atoms with van der Waals surface area (Å²) in [6.07, 6.45) is 0. The number of hydrogen-bond donors (Lipinski definition) is 1. The van der Waals surface area contributed by atoms with Gasteiger partial charge in [0.25, 0.3) is 0 Å². The van der Waals surface area contributed by atoms with Crippen LogP contribution in [0.2, 0.25) is 10.0 Å². The summed E-state index contributed by atoms with van der Waals surface area (Å²) >= 11 is 13.9. The van der Waals surface area contributed by atoms with Crippen LogP contribution in [0.3, 0.4) is 0 Å². The fourth-order valence-corrected chi connectivity index (χ4v) is 3.75. The van der Waals surface area contributed by atoms with Gasteiger partial charge in [0.2, 0.25) is 0 Å². The molecule has 108 valence electrons. The van der Waals surface area contributed by atoms with Crippen molar-refractivity contribution in [2.45, 2.75) is 32.9 Å². The van der Waals surface area contributed by atoms with E-state index in [4.69, 9.17) is 23.2 Å². The summed E-state index contributed by atoms with van der Waals surface area (Å²) in [7, 11) is 0. The normalized spacial score (nSPS) is 14.3. The van der Waals surface area contributed by atoms with Crippen LogP contribution in [0.1, 0.15) is 41.2 Å². The van der Waals surface area contributed by atoms with Crippen LogP contribution >= 0.6 is 34.5 Å². The van der Waals surface area contributed by atoms with Crippen LogP contribution in [0.4, 0.5) is 4.39 Å². The Bertz CT molecular complexity index is 612. The molecule has 2 atom stereocenters. The van der Waals surface area contributed by atoms with Crippen LogP contribution in [0.5, 0.6) is 0 Å². The molecule has 0 bridgehead atoms. The molecular weight excluding hydrogens is 316 g/mol. The lowest BCUT2D eigenvalue weighted by Crippen LogP contribution is -2.22. The minimum Gasteiger partial charge on any atom is -0.303 e. The van der Waals surface area contributed by atoms with Crippen LogP contribution in [-0.4, -0.2) is 0 Å². The Hall–Kier alpha value is -0.610. The predicted molar refractivity (Wildman–Crippen MR) is 85.4 cm³/mol. The van der Waals surface area contributed by atoms with Crippen molar-refractivity contribution >= 4 is 34.5 Å². The van der Waals surface area contributed by atoms with Crippen molar-refractivity contribution in [2.24, 2.45) is 0 Å². The van der Waals surface area contributed by atoms with Crippen LogP contribution in [0, 0.1) is 12.7 Å². The molecule has 2 aromatic rings. The second-order valence-electron chi connectivity index (χ2n) is 4.82. The summed E-state index contributed by atoms with van der Waals surface area (Å²) in [6.45, 7) is 6.08. The summed E-state index contributed by atoms with van der Waals surface area (Å²) in [5.74, 6) is -0.445. The van der Waals surface area contributed by atoms with E-state index in [1.165, 1.54) is 21.9 Å². The number of halogens is 3. The molecule has 0 amide bonds. The third kappa shape index (κ3) is 3.34. The van der Waals surface area contributed by atoms with E-state index < -0.39 is 5.82 Å². The van der Waals surface area contributed by atoms with Crippen molar-refractivity contribution in [3.05, 3.63) is 55.4 Å². The average Bonchev–Trinajstić information content (AvgIpc) is 2.81. The van der Waals surface area contributed by atoms with Gasteiger partial charge >= 0.3 is 0 Å². The Labute approximate surface area is 132 Å². The van der Waals surface area contributed by atoms with Gasteiger partial charge in [0, 0.05) is 32.4 Å². The quantitative estimate of drug-likeness (QED) is 0.686. The maximum absolute atomic E-state index is 13.6. The summed E-state index contributed by atoms with van der Waals surface area (Å²) in [5, 5.41) is 3.98. The molecule has 0 spiro atoms. The maximum Gasteiger partial charge on any atom is 0.142 e. The highest BCUT2D eigenvalue weighted by Gasteiger charge is 2.19. The van der Waals surface area contributed by atoms with Crippen LogP contribution in [0.15, 0.2) is 24.3 Å². The van der Waals surface area contributed by atoms with Gasteiger partial charge in [-0.15, -0.1) is 11.3 Å². The first kappa shape index (κ1) is 15.8. The summed E-state index contributed by atoms with van der Waals surface area (Å²) < 4.78 is 13.6. The first-order chi connectivity index (χ1) is 9.40. The smallest absolute Gasteiger partial charge is 0.142 e. The van der Waals surface area contributed by atoms with Crippen molar-refractivity contribution in [3.8, 4) is 0 Å². The molecule has 0 aliphatic rings. The Kier molecular flexibility index (Phi) is 5.08. The van der Waals surface area contributed by atoms with E-state index in [-0.39, 0.29) is 17.1 Å². The highest BCUT2D eigenvalue weighted by Crippen LogP contribution is 2.34. The van der Waals surface area contributed by atoms with E-state index in [2.05, 4.69) is 31.3 Å². The van der Waals surface area contributed by atoms with Gasteiger partial charge in [0.15, 0.2) is 0 Å². The molecule has 1 aromatic heterocycles. The SMILES string of the molecule is Cc1ccc(C(C)NC(C)c2c(Cl)ccc(F)c2Cl)s1. The second-order valence-corrected chi connectivity index (χ2v) is 6.92. The zero-order valence-corrected chi connectivity index (χ0v) is 13.8. The molecule has 1 aromatic carbocycles. The van der Waals surface area contributed by atoms with Gasteiger partial charge in [0.05, 0.1) is 5.02 Å². The number of benzene rings is 1. The second kappa shape index (κ2) is 6.44. The van der Waals surface area contributed by atoms with E-state index in [1.54, 1.807) is 11.3 Å². The zero-order valence-electron chi connectivity index (χ0n) is 11.5. The van der Waals surface area contributed by atoms with Gasteiger partial charge in [-0.3, -0.25) is 0 Å². The average molecular weight is 332 g/mol. The number of nitrogens with one attached hydrogen (secondary N) is 1. The zero-order chi connectivity index (χ0) is 14.9. The van der Waals surface area contributed by atoms with Gasteiger partial charge in [-0.2, -0.15) is 0 Å². The highest BCUT2D eigenvalue weighted by atomic mass is 35.5. The first-order valence-electron chi connectivity index (χ1n) is 6.36. The minimum atomic E-state index is -0.445. The van der Waals surface area contributed by atoms with Gasteiger partial charge < -0.3 is 5.32 Å². The molecule has 0 saturated carbocycles. The van der Waals surface area contributed by atoms with Crippen molar-refractivity contribution in [3.63, 3.8) is 0 Å². The first-order valence-corrected chi connectivity index (χ1v) is 7.93. The van der Waals surface area contributed by atoms with Crippen molar-refractivity contribution < 1.29 is 4.39 Å². The van der Waals surface area contributed by atoms with Gasteiger partial charge in [-0.1, -0.05) is 23.2 Å². The van der Waals surface area contributed by atoms with Crippen molar-refractivity contribution in [1.29, 1.82) is 0 Å². The summed E-state index contributed by atoms with van der Waals surface area (Å²) in [5.41, 5.74) is 0.605. The third-order valence-electron chi connectivity index (χ3n) is 3.20. The molecular formula is C15H16Cl2FNS. The fraction of sp³-hybridized carbons (Fsp3) is 0.333. The molecule has 20 heavy (non-hydrogen) atoms. The van der Waals surface area contributed by atoms with E-state index >= 15 is 0 Å². The molecule has 2 unspecified atom stereocenters. The molecule has 0 saturated heterocycles. The molecule has 1 heterocycles. The van der Waals surface area contributed by atoms with E-state index in [0.29, 0.717) is 10.6 Å². The Morgan fingerprint density at radius 2 is 1.80 bits per heavy atom. The summed E-state index contributed by atoms with van der Waals surface area (Å²) in [6, 6.07) is 7.02. The maximum atomic E-state index is 13.6. The van der Waals surface area contributed by atoms with Crippen LogP contribution in [-0.2, 0) is 0 Å². The number of rotatable bonds is 4. The van der Waals surface area contributed by atoms with Gasteiger partial charge in [-0.25, -0.2) is 4.39 Å². The Balaban J connectivity index is 2.20. The molecule has 0 aliphatic carbocycles. The van der Waals surface area contributed by atoms with Crippen LogP contribution in [0.25, 0.3) is 0 Å². The standard InChI is InChI=1S/C15H16Cl2FNS/c1-8-4-7-13(20-8)9(2)19-10(3)14-11(16)5-6-12(18)15(14)17/h4-7,9-10,19H,1-3H3. The summed E-state index contributed by atoms with van der Waals surface area (Å²) in [4.78, 5) is 2.50. The van der Waals surface area contributed by atoms with E-state index in [1.807, 2.05) is 6.92 Å². The lowest BCUT2D eigenvalue weighted by atomic mass is 10.1. The molecule has 1 nitrogen and oxygen atoms in total. The molecule has 2 rings (SSSR count). The lowest BCUT2D eigenvalue weighted by molar-refractivity contribution is 0.497. The molecule has 5 heteroatoms. The predicted octanol–water partition coefficient (Wildman–Crippen LogP) is 5.91. The molecule has 1 N–H and O–H groups in total. The Morgan fingerprint density at radius 3 is 2.40 bits per heavy atom. The number of hydrogen-bond acceptors (Lipinski definition) is 2. The van der Waals surface area contributed by atoms with Gasteiger partial charge in [0.1, 0.15) is 5.82 Å². The molecule has 0 radical (unpaired) electrons. The monoisotopic (exact) mass is 331 g/mol. The number of thiophene rings is 1. The largest absolute Gasteiger partial charge is 0.303 e. The third-order valence-corrected chi connectivity index (χ3v) is 5.10. The molecule has 0 fully saturated rings. The van der Waals surface area contributed by atoms with Crippen molar-refractivity contribution in [2.75, 3.05) is 0 Å². The van der Waals surface area contributed by atoms with Crippen molar-refractivity contribution in [1.82, 2.24) is 5.32 Å². The molecule has 0 aliphatic heterocycles. The lowest BCUT2D eigenvalue weighted by Gasteiger charge is -2.21. The van der Waals surface area contributed by atoms with Crippen LogP contribution < -0.4 is 5.32 Å². The van der Waals surface area contributed by atoms with E-state index in [0.717, 1.165) is 0 Å². The topological polar surface area (TPSA) is 12.0 Å². The van der Waals surface area contributed by atoms with Gasteiger partial charge in [-0.05, 0) is 45.0 Å². The number of aryl methyl sites for hydroxylation is 1.